The van der Waals surface area contributed by atoms with E-state index in [1.807, 2.05) is 35.2 Å². The molecule has 0 spiro atoms. The van der Waals surface area contributed by atoms with Gasteiger partial charge in [0.2, 0.25) is 11.2 Å². The van der Waals surface area contributed by atoms with Crippen LogP contribution in [0.3, 0.4) is 0 Å². The summed E-state index contributed by atoms with van der Waals surface area (Å²) in [7, 11) is 0. The molecular formula is C21H24F3NO3S. The van der Waals surface area contributed by atoms with Crippen LogP contribution in [0.2, 0.25) is 0 Å². The molecule has 1 saturated heterocycles. The lowest BCUT2D eigenvalue weighted by atomic mass is 9.92. The molecule has 1 N–H and O–H groups in total. The van der Waals surface area contributed by atoms with E-state index in [-0.39, 0.29) is 25.3 Å². The first-order valence-corrected chi connectivity index (χ1v) is 10.7. The maximum absolute atomic E-state index is 13.2. The Labute approximate surface area is 170 Å². The van der Waals surface area contributed by atoms with Crippen molar-refractivity contribution in [2.24, 2.45) is 0 Å². The molecule has 0 saturated carbocycles. The van der Waals surface area contributed by atoms with Crippen LogP contribution in [0, 0.1) is 6.92 Å². The zero-order valence-electron chi connectivity index (χ0n) is 16.1. The van der Waals surface area contributed by atoms with E-state index in [0.29, 0.717) is 17.7 Å². The molecule has 2 aromatic carbocycles. The summed E-state index contributed by atoms with van der Waals surface area (Å²) in [5, 5.41) is 9.28. The molecule has 0 bridgehead atoms. The van der Waals surface area contributed by atoms with Gasteiger partial charge in [-0.3, -0.25) is 9.69 Å². The van der Waals surface area contributed by atoms with Gasteiger partial charge in [0, 0.05) is 0 Å². The second-order valence-electron chi connectivity index (χ2n) is 7.27. The van der Waals surface area contributed by atoms with E-state index in [4.69, 9.17) is 4.74 Å². The van der Waals surface area contributed by atoms with Crippen LogP contribution in [0.4, 0.5) is 11.7 Å². The standard InChI is InChI=1S/C21H24F3NO3S/c1-15-10-16(12-18(11-15)29(22,23)24)14-28-19-8-5-9-25(13-20(26)27)21(19)17-6-3-2-4-7-17/h2-4,6-7,10-12,19,21H,5,8-9,13-14H2,1H3,(H,26,27)/t19-,21-/m0/s1. The van der Waals surface area contributed by atoms with Gasteiger partial charge in [0.25, 0.3) is 0 Å². The van der Waals surface area contributed by atoms with Crippen molar-refractivity contribution in [2.75, 3.05) is 13.1 Å². The van der Waals surface area contributed by atoms with Crippen LogP contribution in [0.25, 0.3) is 0 Å². The number of carbonyl (C=O) groups is 1. The number of carboxylic acids is 1. The van der Waals surface area contributed by atoms with Gasteiger partial charge in [-0.15, -0.1) is 11.7 Å². The summed E-state index contributed by atoms with van der Waals surface area (Å²) < 4.78 is 45.6. The zero-order valence-corrected chi connectivity index (χ0v) is 16.9. The van der Waals surface area contributed by atoms with Gasteiger partial charge in [-0.1, -0.05) is 36.4 Å². The van der Waals surface area contributed by atoms with Crippen LogP contribution in [-0.2, 0) is 16.1 Å². The average Bonchev–Trinajstić information content (AvgIpc) is 2.65. The summed E-state index contributed by atoms with van der Waals surface area (Å²) in [5.41, 5.74) is 1.97. The van der Waals surface area contributed by atoms with Gasteiger partial charge in [-0.2, -0.15) is 0 Å². The van der Waals surface area contributed by atoms with Crippen molar-refractivity contribution in [3.63, 3.8) is 0 Å². The Morgan fingerprint density at radius 3 is 2.59 bits per heavy atom. The highest BCUT2D eigenvalue weighted by Gasteiger charge is 2.34. The minimum atomic E-state index is -5.30. The predicted molar refractivity (Wildman–Crippen MR) is 107 cm³/mol. The molecular weight excluding hydrogens is 403 g/mol. The Hall–Kier alpha value is -2.03. The largest absolute Gasteiger partial charge is 0.480 e. The predicted octanol–water partition coefficient (Wildman–Crippen LogP) is 5.62. The summed E-state index contributed by atoms with van der Waals surface area (Å²) in [6, 6.07) is 13.3. The van der Waals surface area contributed by atoms with Crippen LogP contribution in [0.5, 0.6) is 0 Å². The first-order valence-electron chi connectivity index (χ1n) is 9.39. The fourth-order valence-electron chi connectivity index (χ4n) is 3.87. The molecule has 29 heavy (non-hydrogen) atoms. The monoisotopic (exact) mass is 427 g/mol. The lowest BCUT2D eigenvalue weighted by Gasteiger charge is -2.40. The van der Waals surface area contributed by atoms with E-state index >= 15 is 0 Å². The third kappa shape index (κ3) is 5.74. The Morgan fingerprint density at radius 1 is 1.21 bits per heavy atom. The van der Waals surface area contributed by atoms with Crippen molar-refractivity contribution >= 4 is 17.2 Å². The topological polar surface area (TPSA) is 49.8 Å². The number of carboxylic acid groups (broad SMARTS) is 1. The van der Waals surface area contributed by atoms with Gasteiger partial charge in [0.1, 0.15) is 0 Å². The van der Waals surface area contributed by atoms with Crippen LogP contribution in [0.15, 0.2) is 53.4 Å². The average molecular weight is 427 g/mol. The van der Waals surface area contributed by atoms with Crippen molar-refractivity contribution in [3.05, 3.63) is 65.2 Å². The lowest BCUT2D eigenvalue weighted by Crippen LogP contribution is -2.45. The van der Waals surface area contributed by atoms with Crippen molar-refractivity contribution in [1.29, 1.82) is 0 Å². The Balaban J connectivity index is 1.81. The number of rotatable bonds is 7. The van der Waals surface area contributed by atoms with Gasteiger partial charge < -0.3 is 9.84 Å². The molecule has 1 aliphatic rings. The van der Waals surface area contributed by atoms with Crippen molar-refractivity contribution in [3.8, 4) is 0 Å². The van der Waals surface area contributed by atoms with Crippen molar-refractivity contribution in [2.45, 2.75) is 43.4 Å². The van der Waals surface area contributed by atoms with E-state index in [9.17, 15) is 21.6 Å². The molecule has 0 unspecified atom stereocenters. The maximum atomic E-state index is 13.2. The highest BCUT2D eigenvalue weighted by Crippen LogP contribution is 2.60. The molecule has 3 rings (SSSR count). The van der Waals surface area contributed by atoms with E-state index in [2.05, 4.69) is 0 Å². The smallest absolute Gasteiger partial charge is 0.317 e. The van der Waals surface area contributed by atoms with Crippen LogP contribution in [-0.4, -0.2) is 35.2 Å². The minimum Gasteiger partial charge on any atom is -0.480 e. The number of piperidine rings is 1. The fourth-order valence-corrected chi connectivity index (χ4v) is 4.48. The van der Waals surface area contributed by atoms with Gasteiger partial charge in [-0.05, 0) is 55.1 Å². The van der Waals surface area contributed by atoms with E-state index in [0.717, 1.165) is 30.5 Å². The number of hydrogen-bond donors (Lipinski definition) is 1. The van der Waals surface area contributed by atoms with Crippen molar-refractivity contribution < 1.29 is 26.3 Å². The first kappa shape index (κ1) is 21.7. The van der Waals surface area contributed by atoms with Crippen LogP contribution in [0.1, 0.15) is 35.6 Å². The van der Waals surface area contributed by atoms with Gasteiger partial charge in [0.15, 0.2) is 0 Å². The highest BCUT2D eigenvalue weighted by molar-refractivity contribution is 8.20. The third-order valence-electron chi connectivity index (χ3n) is 5.00. The molecule has 1 fully saturated rings. The van der Waals surface area contributed by atoms with Gasteiger partial charge in [-0.25, -0.2) is 0 Å². The Morgan fingerprint density at radius 2 is 1.93 bits per heavy atom. The number of ether oxygens (including phenoxy) is 1. The molecule has 158 valence electrons. The van der Waals surface area contributed by atoms with Crippen LogP contribution >= 0.6 is 11.2 Å². The van der Waals surface area contributed by atoms with Crippen LogP contribution < -0.4 is 0 Å². The molecule has 0 radical (unpaired) electrons. The number of likely N-dealkylation sites (tertiary alicyclic amines) is 1. The maximum Gasteiger partial charge on any atom is 0.317 e. The van der Waals surface area contributed by atoms with Crippen molar-refractivity contribution in [1.82, 2.24) is 4.90 Å². The molecule has 1 heterocycles. The molecule has 2 atom stereocenters. The van der Waals surface area contributed by atoms with E-state index < -0.39 is 22.1 Å². The SMILES string of the molecule is Cc1cc(CO[C@H]2CCCN(CC(=O)O)[C@H]2c2ccccc2)cc(S(F)(F)F)c1. The summed E-state index contributed by atoms with van der Waals surface area (Å²) >= 11 is -5.30. The number of nitrogens with zero attached hydrogens (tertiary/aromatic N) is 1. The summed E-state index contributed by atoms with van der Waals surface area (Å²) in [6.45, 7) is 2.22. The second-order valence-corrected chi connectivity index (χ2v) is 8.56. The first-order chi connectivity index (χ1) is 13.7. The quantitative estimate of drug-likeness (QED) is 0.623. The lowest BCUT2D eigenvalue weighted by molar-refractivity contribution is -0.141. The zero-order chi connectivity index (χ0) is 21.0. The summed E-state index contributed by atoms with van der Waals surface area (Å²) in [5.74, 6) is -0.914. The molecule has 0 amide bonds. The highest BCUT2D eigenvalue weighted by atomic mass is 32.3. The molecule has 0 aromatic heterocycles. The molecule has 8 heteroatoms. The van der Waals surface area contributed by atoms with Gasteiger partial charge >= 0.3 is 5.97 Å². The minimum absolute atomic E-state index is 0.0547. The number of aryl methyl sites for hydroxylation is 1. The molecule has 0 aliphatic carbocycles. The number of halogens is 3. The van der Waals surface area contributed by atoms with E-state index in [1.165, 1.54) is 0 Å². The normalized spacial score (nSPS) is 21.1. The third-order valence-corrected chi connectivity index (χ3v) is 5.77. The number of aliphatic carboxylic acids is 1. The fraction of sp³-hybridized carbons (Fsp3) is 0.381. The summed E-state index contributed by atoms with van der Waals surface area (Å²) in [6.07, 6.45) is 1.19. The van der Waals surface area contributed by atoms with Gasteiger partial charge in [0.05, 0.1) is 30.2 Å². The Kier molecular flexibility index (Phi) is 6.87. The molecule has 2 aromatic rings. The second kappa shape index (κ2) is 9.19. The number of benzene rings is 2. The molecule has 4 nitrogen and oxygen atoms in total. The van der Waals surface area contributed by atoms with E-state index in [1.54, 1.807) is 13.0 Å². The Bertz CT molecular complexity index is 845. The summed E-state index contributed by atoms with van der Waals surface area (Å²) in [4.78, 5) is 12.6. The molecule has 1 aliphatic heterocycles. The number of hydrogen-bond acceptors (Lipinski definition) is 3.